The Bertz CT molecular complexity index is 500. The molecule has 1 aromatic rings. The van der Waals surface area contributed by atoms with Gasteiger partial charge in [-0.25, -0.2) is 0 Å². The largest absolute Gasteiger partial charge is 0.388 e. The fourth-order valence-corrected chi connectivity index (χ4v) is 4.17. The van der Waals surface area contributed by atoms with Gasteiger partial charge in [-0.2, -0.15) is 5.26 Å². The molecule has 1 aromatic heterocycles. The SMILES string of the molecule is N#CC(Sc1nnc(CO)n1C1CC1)C1CCCCC1. The standard InChI is InChI=1S/C14H20N4OS/c15-8-12(10-4-2-1-3-5-10)20-14-17-16-13(9-19)18(14)11-6-7-11/h10-12,19H,1-7,9H2. The molecule has 2 fully saturated rings. The minimum atomic E-state index is -0.0787. The normalized spacial score (nSPS) is 21.6. The number of rotatable bonds is 5. The molecule has 1 N–H and O–H groups in total. The summed E-state index contributed by atoms with van der Waals surface area (Å²) in [4.78, 5) is 0. The quantitative estimate of drug-likeness (QED) is 0.844. The first-order chi connectivity index (χ1) is 9.83. The minimum absolute atomic E-state index is 0.0384. The Labute approximate surface area is 123 Å². The number of thioether (sulfide) groups is 1. The van der Waals surface area contributed by atoms with E-state index in [0.29, 0.717) is 17.8 Å². The zero-order chi connectivity index (χ0) is 13.9. The number of nitriles is 1. The van der Waals surface area contributed by atoms with Crippen LogP contribution in [0.15, 0.2) is 5.16 Å². The second-order valence-corrected chi connectivity index (χ2v) is 6.83. The third-order valence-electron chi connectivity index (χ3n) is 4.23. The van der Waals surface area contributed by atoms with E-state index < -0.39 is 0 Å². The van der Waals surface area contributed by atoms with Gasteiger partial charge in [0.25, 0.3) is 0 Å². The molecule has 2 saturated carbocycles. The summed E-state index contributed by atoms with van der Waals surface area (Å²) < 4.78 is 2.04. The highest BCUT2D eigenvalue weighted by molar-refractivity contribution is 8.00. The van der Waals surface area contributed by atoms with Crippen molar-refractivity contribution in [2.24, 2.45) is 5.92 Å². The van der Waals surface area contributed by atoms with Crippen LogP contribution in [-0.4, -0.2) is 25.1 Å². The van der Waals surface area contributed by atoms with E-state index in [4.69, 9.17) is 0 Å². The zero-order valence-corrected chi connectivity index (χ0v) is 12.3. The Balaban J connectivity index is 1.75. The lowest BCUT2D eigenvalue weighted by atomic mass is 9.87. The van der Waals surface area contributed by atoms with E-state index in [-0.39, 0.29) is 11.9 Å². The van der Waals surface area contributed by atoms with Crippen molar-refractivity contribution in [2.75, 3.05) is 0 Å². The monoisotopic (exact) mass is 292 g/mol. The molecule has 3 rings (SSSR count). The lowest BCUT2D eigenvalue weighted by Crippen LogP contribution is -2.19. The summed E-state index contributed by atoms with van der Waals surface area (Å²) in [5.74, 6) is 1.11. The number of hydrogen-bond donors (Lipinski definition) is 1. The summed E-state index contributed by atoms with van der Waals surface area (Å²) in [6, 6.07) is 2.88. The molecule has 0 amide bonds. The molecule has 108 valence electrons. The molecule has 2 aliphatic rings. The summed E-state index contributed by atoms with van der Waals surface area (Å²) in [6.07, 6.45) is 8.32. The lowest BCUT2D eigenvalue weighted by Gasteiger charge is -2.25. The van der Waals surface area contributed by atoms with Crippen LogP contribution < -0.4 is 0 Å². The topological polar surface area (TPSA) is 74.7 Å². The zero-order valence-electron chi connectivity index (χ0n) is 11.5. The first-order valence-electron chi connectivity index (χ1n) is 7.44. The van der Waals surface area contributed by atoms with Gasteiger partial charge in [-0.15, -0.1) is 10.2 Å². The van der Waals surface area contributed by atoms with E-state index in [1.54, 1.807) is 11.8 Å². The van der Waals surface area contributed by atoms with Crippen LogP contribution in [0, 0.1) is 17.2 Å². The van der Waals surface area contributed by atoms with E-state index >= 15 is 0 Å². The van der Waals surface area contributed by atoms with E-state index in [1.807, 2.05) is 4.57 Å². The molecule has 2 aliphatic carbocycles. The van der Waals surface area contributed by atoms with Crippen LogP contribution in [0.5, 0.6) is 0 Å². The number of hydrogen-bond acceptors (Lipinski definition) is 5. The summed E-state index contributed by atoms with van der Waals surface area (Å²) in [5.41, 5.74) is 0. The molecule has 0 radical (unpaired) electrons. The Hall–Kier alpha value is -1.06. The molecule has 1 heterocycles. The molecule has 0 bridgehead atoms. The fraction of sp³-hybridized carbons (Fsp3) is 0.786. The average Bonchev–Trinajstić information content (AvgIpc) is 3.26. The van der Waals surface area contributed by atoms with Crippen LogP contribution in [0.4, 0.5) is 0 Å². The van der Waals surface area contributed by atoms with Gasteiger partial charge in [0.05, 0.1) is 6.07 Å². The first kappa shape index (κ1) is 13.9. The van der Waals surface area contributed by atoms with E-state index in [1.165, 1.54) is 19.3 Å². The second-order valence-electron chi connectivity index (χ2n) is 5.72. The minimum Gasteiger partial charge on any atom is -0.388 e. The van der Waals surface area contributed by atoms with E-state index in [2.05, 4.69) is 16.3 Å². The molecule has 20 heavy (non-hydrogen) atoms. The molecule has 1 atom stereocenters. The number of aliphatic hydroxyl groups excluding tert-OH is 1. The van der Waals surface area contributed by atoms with Crippen LogP contribution in [0.3, 0.4) is 0 Å². The molecule has 0 saturated heterocycles. The van der Waals surface area contributed by atoms with Crippen molar-refractivity contribution in [1.29, 1.82) is 5.26 Å². The maximum Gasteiger partial charge on any atom is 0.192 e. The van der Waals surface area contributed by atoms with Crippen LogP contribution in [-0.2, 0) is 6.61 Å². The summed E-state index contributed by atoms with van der Waals surface area (Å²) >= 11 is 1.54. The third-order valence-corrected chi connectivity index (χ3v) is 5.46. The maximum absolute atomic E-state index is 9.47. The van der Waals surface area contributed by atoms with Crippen LogP contribution in [0.1, 0.15) is 56.8 Å². The number of nitrogens with zero attached hydrogens (tertiary/aromatic N) is 4. The van der Waals surface area contributed by atoms with Crippen LogP contribution in [0.25, 0.3) is 0 Å². The van der Waals surface area contributed by atoms with Gasteiger partial charge in [-0.1, -0.05) is 31.0 Å². The maximum atomic E-state index is 9.47. The van der Waals surface area contributed by atoms with Crippen molar-refractivity contribution in [3.8, 4) is 6.07 Å². The fourth-order valence-electron chi connectivity index (χ4n) is 2.97. The predicted molar refractivity (Wildman–Crippen MR) is 76.0 cm³/mol. The van der Waals surface area contributed by atoms with Gasteiger partial charge in [0.15, 0.2) is 11.0 Å². The Morgan fingerprint density at radius 1 is 1.25 bits per heavy atom. The third kappa shape index (κ3) is 2.84. The number of aliphatic hydroxyl groups is 1. The molecular weight excluding hydrogens is 272 g/mol. The molecule has 5 nitrogen and oxygen atoms in total. The van der Waals surface area contributed by atoms with Gasteiger partial charge in [0, 0.05) is 6.04 Å². The van der Waals surface area contributed by atoms with Gasteiger partial charge in [0.2, 0.25) is 0 Å². The summed E-state index contributed by atoms with van der Waals surface area (Å²) in [5, 5.41) is 27.9. The lowest BCUT2D eigenvalue weighted by molar-refractivity contribution is 0.263. The Morgan fingerprint density at radius 2 is 2.00 bits per heavy atom. The molecule has 1 unspecified atom stereocenters. The van der Waals surface area contributed by atoms with E-state index in [0.717, 1.165) is 30.8 Å². The summed E-state index contributed by atoms with van der Waals surface area (Å²) in [7, 11) is 0. The second kappa shape index (κ2) is 6.15. The smallest absolute Gasteiger partial charge is 0.192 e. The highest BCUT2D eigenvalue weighted by Gasteiger charge is 2.32. The van der Waals surface area contributed by atoms with E-state index in [9.17, 15) is 10.4 Å². The van der Waals surface area contributed by atoms with Crippen molar-refractivity contribution >= 4 is 11.8 Å². The molecule has 0 aliphatic heterocycles. The molecular formula is C14H20N4OS. The first-order valence-corrected chi connectivity index (χ1v) is 8.32. The van der Waals surface area contributed by atoms with Gasteiger partial charge < -0.3 is 9.67 Å². The molecule has 0 aromatic carbocycles. The van der Waals surface area contributed by atoms with Gasteiger partial charge in [-0.3, -0.25) is 0 Å². The van der Waals surface area contributed by atoms with Gasteiger partial charge in [0.1, 0.15) is 11.9 Å². The van der Waals surface area contributed by atoms with Crippen LogP contribution >= 0.6 is 11.8 Å². The predicted octanol–water partition coefficient (Wildman–Crippen LogP) is 2.67. The van der Waals surface area contributed by atoms with Crippen molar-refractivity contribution in [2.45, 2.75) is 68.0 Å². The highest BCUT2D eigenvalue weighted by Crippen LogP contribution is 2.41. The summed E-state index contributed by atoms with van der Waals surface area (Å²) in [6.45, 7) is -0.0787. The van der Waals surface area contributed by atoms with Crippen molar-refractivity contribution in [3.63, 3.8) is 0 Å². The van der Waals surface area contributed by atoms with Gasteiger partial charge >= 0.3 is 0 Å². The average molecular weight is 292 g/mol. The Morgan fingerprint density at radius 3 is 2.60 bits per heavy atom. The highest BCUT2D eigenvalue weighted by atomic mass is 32.2. The Kier molecular flexibility index (Phi) is 4.27. The van der Waals surface area contributed by atoms with Crippen LogP contribution in [0.2, 0.25) is 0 Å². The molecule has 0 spiro atoms. The van der Waals surface area contributed by atoms with Crippen molar-refractivity contribution in [3.05, 3.63) is 5.82 Å². The molecule has 6 heteroatoms. The van der Waals surface area contributed by atoms with Crippen molar-refractivity contribution in [1.82, 2.24) is 14.8 Å². The van der Waals surface area contributed by atoms with Gasteiger partial charge in [-0.05, 0) is 31.6 Å². The van der Waals surface area contributed by atoms with Crippen molar-refractivity contribution < 1.29 is 5.11 Å². The number of aromatic nitrogens is 3.